The molecule has 1 aliphatic carbocycles. The van der Waals surface area contributed by atoms with Crippen molar-refractivity contribution in [2.24, 2.45) is 5.92 Å². The van der Waals surface area contributed by atoms with E-state index in [1.54, 1.807) is 0 Å². The normalized spacial score (nSPS) is 19.4. The minimum atomic E-state index is 0.622. The predicted molar refractivity (Wildman–Crippen MR) is 70.3 cm³/mol. The zero-order valence-electron chi connectivity index (χ0n) is 9.85. The number of nitrogens with zero attached hydrogens (tertiary/aromatic N) is 1. The van der Waals surface area contributed by atoms with E-state index in [-0.39, 0.29) is 0 Å². The fourth-order valence-corrected chi connectivity index (χ4v) is 1.89. The second-order valence-electron chi connectivity index (χ2n) is 4.36. The number of benzene rings is 1. The van der Waals surface area contributed by atoms with Gasteiger partial charge in [0.25, 0.3) is 0 Å². The van der Waals surface area contributed by atoms with Crippen LogP contribution in [0.3, 0.4) is 0 Å². The molecular weight excluding hydrogens is 196 g/mol. The number of likely N-dealkylation sites (N-methyl/N-ethyl adjacent to an activating group) is 1. The molecule has 0 spiro atoms. The number of hydrogen-bond donors (Lipinski definition) is 1. The summed E-state index contributed by atoms with van der Waals surface area (Å²) in [5.74, 6) is 0.622. The number of nitrogens with two attached hydrogens (primary N) is 1. The molecule has 2 rings (SSSR count). The van der Waals surface area contributed by atoms with Gasteiger partial charge in [0, 0.05) is 24.1 Å². The Morgan fingerprint density at radius 1 is 1.25 bits per heavy atom. The summed E-state index contributed by atoms with van der Waals surface area (Å²) in [7, 11) is 2.08. The molecule has 0 aromatic heterocycles. The van der Waals surface area contributed by atoms with Crippen LogP contribution >= 0.6 is 0 Å². The molecule has 2 nitrogen and oxygen atoms in total. The van der Waals surface area contributed by atoms with E-state index < -0.39 is 0 Å². The summed E-state index contributed by atoms with van der Waals surface area (Å²) in [5, 5.41) is 0. The van der Waals surface area contributed by atoms with E-state index in [1.807, 2.05) is 24.3 Å². The topological polar surface area (TPSA) is 29.3 Å². The lowest BCUT2D eigenvalue weighted by Crippen LogP contribution is -2.17. The molecule has 0 radical (unpaired) electrons. The first-order chi connectivity index (χ1) is 7.66. The minimum Gasteiger partial charge on any atom is -0.399 e. The van der Waals surface area contributed by atoms with Crippen molar-refractivity contribution in [1.29, 1.82) is 0 Å². The maximum atomic E-state index is 5.68. The van der Waals surface area contributed by atoms with E-state index in [4.69, 9.17) is 5.73 Å². The van der Waals surface area contributed by atoms with Crippen LogP contribution in [0.25, 0.3) is 0 Å². The summed E-state index contributed by atoms with van der Waals surface area (Å²) in [5.41, 5.74) is 8.90. The monoisotopic (exact) mass is 214 g/mol. The Morgan fingerprint density at radius 2 is 1.94 bits per heavy atom. The molecule has 84 valence electrons. The maximum absolute atomic E-state index is 5.68. The van der Waals surface area contributed by atoms with E-state index in [2.05, 4.69) is 37.1 Å². The Bertz CT molecular complexity index is 415. The molecule has 2 N–H and O–H groups in total. The van der Waals surface area contributed by atoms with Gasteiger partial charge in [-0.3, -0.25) is 0 Å². The van der Waals surface area contributed by atoms with Crippen LogP contribution in [0.1, 0.15) is 13.3 Å². The second-order valence-corrected chi connectivity index (χ2v) is 4.36. The molecule has 0 aliphatic heterocycles. The Morgan fingerprint density at radius 3 is 2.56 bits per heavy atom. The Kier molecular flexibility index (Phi) is 3.00. The SMILES string of the molecule is CC1C=C(N(C)c2ccc(N)cc2)C=CC1. The molecule has 1 aliphatic rings. The van der Waals surface area contributed by atoms with Gasteiger partial charge in [-0.25, -0.2) is 0 Å². The van der Waals surface area contributed by atoms with Gasteiger partial charge in [0.15, 0.2) is 0 Å². The van der Waals surface area contributed by atoms with Crippen LogP contribution in [-0.4, -0.2) is 7.05 Å². The largest absolute Gasteiger partial charge is 0.399 e. The zero-order valence-corrected chi connectivity index (χ0v) is 9.85. The Labute approximate surface area is 97.1 Å². The molecule has 0 saturated carbocycles. The molecule has 0 bridgehead atoms. The van der Waals surface area contributed by atoms with Crippen molar-refractivity contribution in [3.05, 3.63) is 48.2 Å². The lowest BCUT2D eigenvalue weighted by molar-refractivity contribution is 0.724. The first-order valence-electron chi connectivity index (χ1n) is 5.64. The van der Waals surface area contributed by atoms with Gasteiger partial charge in [-0.1, -0.05) is 19.1 Å². The summed E-state index contributed by atoms with van der Waals surface area (Å²) < 4.78 is 0. The van der Waals surface area contributed by atoms with Crippen LogP contribution in [0.15, 0.2) is 48.2 Å². The predicted octanol–water partition coefficient (Wildman–Crippen LogP) is 3.18. The van der Waals surface area contributed by atoms with Crippen molar-refractivity contribution in [2.75, 3.05) is 17.7 Å². The van der Waals surface area contributed by atoms with E-state index in [0.717, 1.165) is 12.1 Å². The van der Waals surface area contributed by atoms with Crippen molar-refractivity contribution >= 4 is 11.4 Å². The van der Waals surface area contributed by atoms with Crippen LogP contribution < -0.4 is 10.6 Å². The van der Waals surface area contributed by atoms with Crippen molar-refractivity contribution < 1.29 is 0 Å². The highest BCUT2D eigenvalue weighted by atomic mass is 15.1. The van der Waals surface area contributed by atoms with Crippen LogP contribution in [0.2, 0.25) is 0 Å². The molecule has 0 amide bonds. The van der Waals surface area contributed by atoms with Gasteiger partial charge < -0.3 is 10.6 Å². The number of anilines is 2. The lowest BCUT2D eigenvalue weighted by Gasteiger charge is -2.24. The van der Waals surface area contributed by atoms with Crippen LogP contribution in [0.4, 0.5) is 11.4 Å². The molecule has 2 heteroatoms. The first kappa shape index (κ1) is 10.8. The summed E-state index contributed by atoms with van der Waals surface area (Å²) in [6.45, 7) is 2.24. The molecule has 16 heavy (non-hydrogen) atoms. The molecule has 0 fully saturated rings. The van der Waals surface area contributed by atoms with Crippen LogP contribution in [0, 0.1) is 5.92 Å². The highest BCUT2D eigenvalue weighted by Crippen LogP contribution is 2.24. The Hall–Kier alpha value is -1.70. The van der Waals surface area contributed by atoms with Gasteiger partial charge in [-0.2, -0.15) is 0 Å². The third-order valence-corrected chi connectivity index (χ3v) is 2.92. The standard InChI is InChI=1S/C14H18N2/c1-11-4-3-5-14(10-11)16(2)13-8-6-12(15)7-9-13/h3,5-11H,4,15H2,1-2H3. The minimum absolute atomic E-state index is 0.622. The smallest absolute Gasteiger partial charge is 0.0409 e. The van der Waals surface area contributed by atoms with Crippen molar-refractivity contribution in [1.82, 2.24) is 0 Å². The molecule has 1 unspecified atom stereocenters. The zero-order chi connectivity index (χ0) is 11.5. The van der Waals surface area contributed by atoms with E-state index >= 15 is 0 Å². The molecular formula is C14H18N2. The molecule has 1 atom stereocenters. The maximum Gasteiger partial charge on any atom is 0.0409 e. The van der Waals surface area contributed by atoms with Crippen molar-refractivity contribution in [3.63, 3.8) is 0 Å². The quantitative estimate of drug-likeness (QED) is 0.766. The van der Waals surface area contributed by atoms with E-state index in [9.17, 15) is 0 Å². The van der Waals surface area contributed by atoms with Crippen molar-refractivity contribution in [2.45, 2.75) is 13.3 Å². The summed E-state index contributed by atoms with van der Waals surface area (Å²) in [4.78, 5) is 2.19. The number of hydrogen-bond acceptors (Lipinski definition) is 2. The van der Waals surface area contributed by atoms with Gasteiger partial charge in [-0.05, 0) is 42.7 Å². The molecule has 1 aromatic carbocycles. The van der Waals surface area contributed by atoms with Gasteiger partial charge in [0.2, 0.25) is 0 Å². The second kappa shape index (κ2) is 4.44. The number of allylic oxidation sites excluding steroid dienone is 3. The van der Waals surface area contributed by atoms with Gasteiger partial charge in [-0.15, -0.1) is 0 Å². The molecule has 0 heterocycles. The van der Waals surface area contributed by atoms with Crippen LogP contribution in [-0.2, 0) is 0 Å². The summed E-state index contributed by atoms with van der Waals surface area (Å²) in [6.07, 6.45) is 7.85. The molecule has 1 aromatic rings. The Balaban J connectivity index is 2.22. The van der Waals surface area contributed by atoms with Crippen molar-refractivity contribution in [3.8, 4) is 0 Å². The van der Waals surface area contributed by atoms with E-state index in [0.29, 0.717) is 5.92 Å². The highest BCUT2D eigenvalue weighted by Gasteiger charge is 2.09. The first-order valence-corrected chi connectivity index (χ1v) is 5.64. The fraction of sp³-hybridized carbons (Fsp3) is 0.286. The van der Waals surface area contributed by atoms with Gasteiger partial charge in [0.1, 0.15) is 0 Å². The fourth-order valence-electron chi connectivity index (χ4n) is 1.89. The average Bonchev–Trinajstić information content (AvgIpc) is 2.29. The lowest BCUT2D eigenvalue weighted by atomic mass is 10.0. The van der Waals surface area contributed by atoms with Gasteiger partial charge >= 0.3 is 0 Å². The van der Waals surface area contributed by atoms with Gasteiger partial charge in [0.05, 0.1) is 0 Å². The molecule has 0 saturated heterocycles. The third-order valence-electron chi connectivity index (χ3n) is 2.92. The average molecular weight is 214 g/mol. The van der Waals surface area contributed by atoms with Crippen LogP contribution in [0.5, 0.6) is 0 Å². The number of nitrogen functional groups attached to an aromatic ring is 1. The van der Waals surface area contributed by atoms with E-state index in [1.165, 1.54) is 11.4 Å². The third kappa shape index (κ3) is 2.27. The number of rotatable bonds is 2. The summed E-state index contributed by atoms with van der Waals surface area (Å²) in [6, 6.07) is 7.96. The summed E-state index contributed by atoms with van der Waals surface area (Å²) >= 11 is 0. The highest BCUT2D eigenvalue weighted by molar-refractivity contribution is 5.58.